The lowest BCUT2D eigenvalue weighted by atomic mass is 10.2. The zero-order valence-electron chi connectivity index (χ0n) is 16.5. The Kier molecular flexibility index (Phi) is 6.41. The van der Waals surface area contributed by atoms with Gasteiger partial charge in [-0.1, -0.05) is 16.9 Å². The van der Waals surface area contributed by atoms with Crippen LogP contribution >= 0.6 is 11.8 Å². The third kappa shape index (κ3) is 5.18. The Morgan fingerprint density at radius 2 is 2.06 bits per heavy atom. The highest BCUT2D eigenvalue weighted by molar-refractivity contribution is 7.98. The summed E-state index contributed by atoms with van der Waals surface area (Å²) in [6.07, 6.45) is 1.57. The average molecular weight is 443 g/mol. The highest BCUT2D eigenvalue weighted by Gasteiger charge is 2.19. The van der Waals surface area contributed by atoms with E-state index in [1.54, 1.807) is 36.0 Å². The maximum Gasteiger partial charge on any atom is 0.313 e. The van der Waals surface area contributed by atoms with Crippen LogP contribution in [0.15, 0.2) is 56.8 Å². The van der Waals surface area contributed by atoms with E-state index in [9.17, 15) is 9.18 Å². The number of nitrogens with zero attached hydrogens (tertiary/aromatic N) is 5. The topological polar surface area (TPSA) is 109 Å². The summed E-state index contributed by atoms with van der Waals surface area (Å²) in [7, 11) is 0. The van der Waals surface area contributed by atoms with Gasteiger partial charge in [0.2, 0.25) is 11.7 Å². The fourth-order valence-corrected chi connectivity index (χ4v) is 3.56. The molecule has 0 radical (unpaired) electrons. The third-order valence-corrected chi connectivity index (χ3v) is 5.14. The Hall–Kier alpha value is -3.47. The molecule has 160 valence electrons. The van der Waals surface area contributed by atoms with Crippen LogP contribution < -0.4 is 0 Å². The van der Waals surface area contributed by atoms with Crippen LogP contribution in [-0.4, -0.2) is 37.5 Å². The van der Waals surface area contributed by atoms with Gasteiger partial charge >= 0.3 is 5.97 Å². The standard InChI is InChI=1S/C20H18FN5O4S/c1-2-28-18(27)10-16-23-24-20(26(16)11-15-4-3-9-29-15)31-12-17-22-19(25-30-17)13-5-7-14(21)8-6-13/h3-9H,2,10-12H2,1H3. The van der Waals surface area contributed by atoms with Crippen molar-refractivity contribution in [1.29, 1.82) is 0 Å². The molecule has 0 bridgehead atoms. The number of hydrogen-bond donors (Lipinski definition) is 0. The highest BCUT2D eigenvalue weighted by Crippen LogP contribution is 2.24. The predicted octanol–water partition coefficient (Wildman–Crippen LogP) is 3.51. The van der Waals surface area contributed by atoms with Gasteiger partial charge in [0.15, 0.2) is 5.16 Å². The molecule has 11 heteroatoms. The van der Waals surface area contributed by atoms with Crippen LogP contribution in [0.4, 0.5) is 4.39 Å². The Morgan fingerprint density at radius 3 is 2.81 bits per heavy atom. The van der Waals surface area contributed by atoms with Gasteiger partial charge < -0.3 is 13.7 Å². The number of rotatable bonds is 9. The van der Waals surface area contributed by atoms with Gasteiger partial charge in [-0.2, -0.15) is 4.98 Å². The predicted molar refractivity (Wildman–Crippen MR) is 107 cm³/mol. The molecule has 0 saturated carbocycles. The second kappa shape index (κ2) is 9.56. The molecule has 0 spiro atoms. The summed E-state index contributed by atoms with van der Waals surface area (Å²) in [5.74, 6) is 1.53. The van der Waals surface area contributed by atoms with Crippen molar-refractivity contribution in [2.24, 2.45) is 0 Å². The van der Waals surface area contributed by atoms with Crippen LogP contribution in [0.1, 0.15) is 24.4 Å². The first-order chi connectivity index (χ1) is 15.1. The normalized spacial score (nSPS) is 11.0. The molecule has 0 atom stereocenters. The minimum atomic E-state index is -0.381. The fraction of sp³-hybridized carbons (Fsp3) is 0.250. The largest absolute Gasteiger partial charge is 0.467 e. The molecule has 0 aliphatic heterocycles. The minimum absolute atomic E-state index is 0.00260. The van der Waals surface area contributed by atoms with Gasteiger partial charge in [-0.15, -0.1) is 10.2 Å². The number of carbonyl (C=O) groups is 1. The quantitative estimate of drug-likeness (QED) is 0.283. The van der Waals surface area contributed by atoms with Crippen LogP contribution in [0, 0.1) is 5.82 Å². The van der Waals surface area contributed by atoms with Crippen molar-refractivity contribution >= 4 is 17.7 Å². The number of thioether (sulfide) groups is 1. The first-order valence-corrected chi connectivity index (χ1v) is 10.4. The molecule has 31 heavy (non-hydrogen) atoms. The molecule has 0 aliphatic carbocycles. The van der Waals surface area contributed by atoms with E-state index < -0.39 is 0 Å². The van der Waals surface area contributed by atoms with Crippen LogP contribution in [0.3, 0.4) is 0 Å². The summed E-state index contributed by atoms with van der Waals surface area (Å²) < 4.78 is 30.6. The Balaban J connectivity index is 1.49. The Labute approximate surface area is 180 Å². The number of carbonyl (C=O) groups excluding carboxylic acids is 1. The fourth-order valence-electron chi connectivity index (χ4n) is 2.77. The molecule has 4 aromatic rings. The lowest BCUT2D eigenvalue weighted by Crippen LogP contribution is -2.13. The maximum atomic E-state index is 13.1. The van der Waals surface area contributed by atoms with E-state index in [1.165, 1.54) is 23.9 Å². The second-order valence-corrected chi connectivity index (χ2v) is 7.30. The third-order valence-electron chi connectivity index (χ3n) is 4.19. The summed E-state index contributed by atoms with van der Waals surface area (Å²) in [5, 5.41) is 12.8. The molecule has 0 unspecified atom stereocenters. The van der Waals surface area contributed by atoms with E-state index in [-0.39, 0.29) is 18.2 Å². The number of ether oxygens (including phenoxy) is 1. The first kappa shape index (κ1) is 20.8. The Morgan fingerprint density at radius 1 is 1.23 bits per heavy atom. The van der Waals surface area contributed by atoms with Gasteiger partial charge in [-0.3, -0.25) is 9.36 Å². The molecule has 3 aromatic heterocycles. The number of benzene rings is 1. The molecule has 0 saturated heterocycles. The van der Waals surface area contributed by atoms with Gasteiger partial charge in [0.05, 0.1) is 25.2 Å². The van der Waals surface area contributed by atoms with E-state index >= 15 is 0 Å². The van der Waals surface area contributed by atoms with Crippen molar-refractivity contribution in [3.8, 4) is 11.4 Å². The zero-order chi connectivity index (χ0) is 21.6. The number of hydrogen-bond acceptors (Lipinski definition) is 9. The molecule has 9 nitrogen and oxygen atoms in total. The zero-order valence-corrected chi connectivity index (χ0v) is 17.3. The van der Waals surface area contributed by atoms with Crippen molar-refractivity contribution in [2.75, 3.05) is 6.61 Å². The summed E-state index contributed by atoms with van der Waals surface area (Å²) in [4.78, 5) is 16.3. The first-order valence-electron chi connectivity index (χ1n) is 9.43. The molecule has 0 N–H and O–H groups in total. The minimum Gasteiger partial charge on any atom is -0.467 e. The van der Waals surface area contributed by atoms with E-state index in [4.69, 9.17) is 13.7 Å². The molecule has 0 amide bonds. The lowest BCUT2D eigenvalue weighted by molar-refractivity contribution is -0.142. The highest BCUT2D eigenvalue weighted by atomic mass is 32.2. The number of esters is 1. The molecule has 0 fully saturated rings. The molecule has 3 heterocycles. The van der Waals surface area contributed by atoms with Crippen LogP contribution in [0.2, 0.25) is 0 Å². The summed E-state index contributed by atoms with van der Waals surface area (Å²) in [5.41, 5.74) is 0.652. The van der Waals surface area contributed by atoms with Gasteiger partial charge in [0, 0.05) is 5.56 Å². The van der Waals surface area contributed by atoms with Crippen LogP contribution in [0.25, 0.3) is 11.4 Å². The molecule has 0 aliphatic rings. The number of halogens is 1. The van der Waals surface area contributed by atoms with E-state index in [0.29, 0.717) is 52.9 Å². The van der Waals surface area contributed by atoms with Crippen LogP contribution in [-0.2, 0) is 28.2 Å². The molecule has 4 rings (SSSR count). The lowest BCUT2D eigenvalue weighted by Gasteiger charge is -2.08. The molecule has 1 aromatic carbocycles. The van der Waals surface area contributed by atoms with E-state index in [1.807, 2.05) is 6.07 Å². The van der Waals surface area contributed by atoms with Crippen molar-refractivity contribution in [3.63, 3.8) is 0 Å². The molecular formula is C20H18FN5O4S. The van der Waals surface area contributed by atoms with Crippen molar-refractivity contribution in [1.82, 2.24) is 24.9 Å². The van der Waals surface area contributed by atoms with Crippen molar-refractivity contribution in [3.05, 3.63) is 66.0 Å². The van der Waals surface area contributed by atoms with Gasteiger partial charge in [0.1, 0.15) is 23.8 Å². The number of furan rings is 1. The van der Waals surface area contributed by atoms with E-state index in [0.717, 1.165) is 0 Å². The smallest absolute Gasteiger partial charge is 0.313 e. The summed E-state index contributed by atoms with van der Waals surface area (Å²) in [6.45, 7) is 2.40. The van der Waals surface area contributed by atoms with Gasteiger partial charge in [-0.25, -0.2) is 4.39 Å². The Bertz CT molecular complexity index is 1140. The van der Waals surface area contributed by atoms with Crippen LogP contribution in [0.5, 0.6) is 0 Å². The summed E-state index contributed by atoms with van der Waals surface area (Å²) >= 11 is 1.33. The van der Waals surface area contributed by atoms with E-state index in [2.05, 4.69) is 20.3 Å². The van der Waals surface area contributed by atoms with Gasteiger partial charge in [-0.05, 0) is 43.3 Å². The SMILES string of the molecule is CCOC(=O)Cc1nnc(SCc2nc(-c3ccc(F)cc3)no2)n1Cc1ccco1. The second-order valence-electron chi connectivity index (χ2n) is 6.35. The summed E-state index contributed by atoms with van der Waals surface area (Å²) in [6, 6.07) is 9.45. The van der Waals surface area contributed by atoms with Crippen molar-refractivity contribution < 1.29 is 22.9 Å². The molecular weight excluding hydrogens is 425 g/mol. The number of aromatic nitrogens is 5. The van der Waals surface area contributed by atoms with Gasteiger partial charge in [0.25, 0.3) is 0 Å². The monoisotopic (exact) mass is 443 g/mol. The maximum absolute atomic E-state index is 13.1. The average Bonchev–Trinajstić information content (AvgIpc) is 3.51. The van der Waals surface area contributed by atoms with Crippen molar-refractivity contribution in [2.45, 2.75) is 30.8 Å².